The number of rotatable bonds is 13. The molecule has 3 aliphatic heterocycles. The smallest absolute Gasteiger partial charge is 0.347 e. The van der Waals surface area contributed by atoms with Crippen LogP contribution in [0.15, 0.2) is 0 Å². The van der Waals surface area contributed by atoms with E-state index >= 15 is 37.5 Å². The summed E-state index contributed by atoms with van der Waals surface area (Å²) in [6.45, 7) is 15.6. The third-order valence-corrected chi connectivity index (χ3v) is 23.2. The number of carbonyl (C=O) groups excluding carboxylic acids is 12. The predicted octanol–water partition coefficient (Wildman–Crippen LogP) is 5.87. The van der Waals surface area contributed by atoms with Crippen LogP contribution in [0.25, 0.3) is 0 Å². The summed E-state index contributed by atoms with van der Waals surface area (Å²) in [4.78, 5) is 191. The van der Waals surface area contributed by atoms with Gasteiger partial charge in [-0.1, -0.05) is 99.8 Å². The lowest BCUT2D eigenvalue weighted by Gasteiger charge is -2.46. The quantitative estimate of drug-likeness (QED) is 0.183. The van der Waals surface area contributed by atoms with E-state index in [1.54, 1.807) is 27.7 Å². The van der Waals surface area contributed by atoms with Gasteiger partial charge in [0.25, 0.3) is 0 Å². The fourth-order valence-electron chi connectivity index (χ4n) is 16.1. The molecule has 29 heteroatoms. The van der Waals surface area contributed by atoms with Gasteiger partial charge in [-0.25, -0.2) is 8.78 Å². The number of fused-ring (bicyclic) bond motifs is 2. The van der Waals surface area contributed by atoms with Crippen molar-refractivity contribution in [2.24, 2.45) is 41.4 Å². The van der Waals surface area contributed by atoms with E-state index < -0.39 is 199 Å². The second-order valence-corrected chi connectivity index (χ2v) is 30.9. The molecule has 0 aromatic heterocycles. The monoisotopic (exact) mass is 1440 g/mol. The summed E-state index contributed by atoms with van der Waals surface area (Å²) in [5, 5.41) is 8.60. The second kappa shape index (κ2) is 35.7. The maximum atomic E-state index is 15.4. The van der Waals surface area contributed by atoms with E-state index in [2.05, 4.69) is 22.9 Å². The van der Waals surface area contributed by atoms with E-state index in [0.717, 1.165) is 35.5 Å². The number of amides is 12. The van der Waals surface area contributed by atoms with Gasteiger partial charge in [0.15, 0.2) is 0 Å². The largest absolute Gasteiger partial charge is 0.397 e. The van der Waals surface area contributed by atoms with Gasteiger partial charge in [0, 0.05) is 69.0 Å². The average molecular weight is 1440 g/mol. The van der Waals surface area contributed by atoms with Crippen LogP contribution in [0.4, 0.5) is 22.0 Å². The van der Waals surface area contributed by atoms with Crippen molar-refractivity contribution in [3.8, 4) is 0 Å². The fourth-order valence-corrected chi connectivity index (χ4v) is 16.1. The molecule has 6 fully saturated rings. The average Bonchev–Trinajstić information content (AvgIpc) is 1.69. The summed E-state index contributed by atoms with van der Waals surface area (Å²) in [5.41, 5.74) is -1.63. The van der Waals surface area contributed by atoms with Gasteiger partial charge < -0.3 is 60.0 Å². The van der Waals surface area contributed by atoms with Crippen LogP contribution in [0.3, 0.4) is 0 Å². The number of hydrogen-bond donors (Lipinski definition) is 3. The molecule has 3 N–H and O–H groups in total. The Labute approximate surface area is 594 Å². The maximum Gasteiger partial charge on any atom is 0.397 e. The third kappa shape index (κ3) is 19.6. The van der Waals surface area contributed by atoms with Crippen molar-refractivity contribution in [1.29, 1.82) is 0 Å². The summed E-state index contributed by atoms with van der Waals surface area (Å²) >= 11 is 0. The Kier molecular flexibility index (Phi) is 29.4. The van der Waals surface area contributed by atoms with E-state index in [0.29, 0.717) is 31.6 Å². The van der Waals surface area contributed by atoms with Crippen LogP contribution in [-0.4, -0.2) is 269 Å². The molecule has 13 atom stereocenters. The van der Waals surface area contributed by atoms with Crippen molar-refractivity contribution >= 4 is 70.9 Å². The highest BCUT2D eigenvalue weighted by Crippen LogP contribution is 2.45. The van der Waals surface area contributed by atoms with Gasteiger partial charge in [-0.3, -0.25) is 57.5 Å². The fraction of sp³-hybridized carbons (Fsp3) is 0.833. The van der Waals surface area contributed by atoms with Crippen LogP contribution in [0.2, 0.25) is 0 Å². The molecule has 6 aliphatic rings. The number of nitrogens with one attached hydrogen (secondary N) is 3. The molecule has 3 saturated heterocycles. The van der Waals surface area contributed by atoms with E-state index in [-0.39, 0.29) is 89.3 Å². The Morgan fingerprint density at radius 2 is 1.22 bits per heavy atom. The zero-order valence-corrected chi connectivity index (χ0v) is 62.7. The standard InChI is InChI=1S/C72H117F5N12O12/c1-17-43(7)59-68(99)83(13)45(9)63(94)89-34-30-52(89)67(98)87(19-3)55(38-46-26-24-42(6)25-27-46)66(97)82(12)40-56(90)78-50(29-28-47-36-48(73)58(49(74)37-47)72(75,76)77)64(95)88-33-22-23-51(88)62(93)80-71(31-20-21-32-71)70(101)86(16)60(44(8)18-2)69(100)85(15)54(65(96)81(10)11)39-57(91)84(14)53(35-41(4)5)61(92)79-59/h41-55,58-60H,17-40H2,1-16H3,(H,78,90)(H,79,92)(H,80,93)/t42?,43-,44-,45-,46?,47?,48?,49?,50-,51-,52-,53-,54-,55-,58?,59-,60-/m0/s1. The van der Waals surface area contributed by atoms with Crippen molar-refractivity contribution in [3.05, 3.63) is 0 Å². The van der Waals surface area contributed by atoms with Crippen LogP contribution in [0.5, 0.6) is 0 Å². The molecule has 3 heterocycles. The molecule has 0 bridgehead atoms. The first-order valence-corrected chi connectivity index (χ1v) is 37.0. The predicted molar refractivity (Wildman–Crippen MR) is 367 cm³/mol. The van der Waals surface area contributed by atoms with Crippen molar-refractivity contribution in [1.82, 2.24) is 60.0 Å². The molecule has 572 valence electrons. The van der Waals surface area contributed by atoms with E-state index in [4.69, 9.17) is 0 Å². The van der Waals surface area contributed by atoms with Gasteiger partial charge in [-0.2, -0.15) is 13.2 Å². The highest BCUT2D eigenvalue weighted by atomic mass is 19.4. The zero-order valence-electron chi connectivity index (χ0n) is 62.7. The van der Waals surface area contributed by atoms with E-state index in [1.165, 1.54) is 90.6 Å². The minimum absolute atomic E-state index is 0.00132. The first-order valence-electron chi connectivity index (χ1n) is 37.0. The second-order valence-electron chi connectivity index (χ2n) is 30.9. The maximum absolute atomic E-state index is 15.4. The lowest BCUT2D eigenvalue weighted by Crippen LogP contribution is -2.65. The highest BCUT2D eigenvalue weighted by molar-refractivity contribution is 6.01. The molecule has 101 heavy (non-hydrogen) atoms. The SMILES string of the molecule is CC[C@H](C)[C@@H]1NC(=O)[C@H](CC(C)C)N(C)C(=O)C[C@@H](C(=O)N(C)C)N(C)C(=O)[C@H]([C@@H](C)CC)N(C)C(=O)C2(CCCC2)NC(=O)[C@@H]2CCCN2C(=O)[C@H](CCC2CC(F)C(C(F)(F)F)C(F)C2)NC(=O)CN(C)C(=O)[C@H](CC2CCC(C)CC2)N(CC)C(=O)[C@@H]2CCN2C(=O)[C@H](C)N(C)C1=O. The lowest BCUT2D eigenvalue weighted by atomic mass is 9.76. The molecule has 24 nitrogen and oxygen atoms in total. The molecule has 1 spiro atoms. The first-order chi connectivity index (χ1) is 47.3. The van der Waals surface area contributed by atoms with Crippen LogP contribution in [0.1, 0.15) is 191 Å². The molecule has 2 unspecified atom stereocenters. The van der Waals surface area contributed by atoms with Crippen molar-refractivity contribution in [2.75, 3.05) is 75.5 Å². The Bertz CT molecular complexity index is 2950. The summed E-state index contributed by atoms with van der Waals surface area (Å²) in [7, 11) is 9.85. The third-order valence-electron chi connectivity index (χ3n) is 23.2. The molecule has 3 saturated carbocycles. The molecule has 3 aliphatic carbocycles. The van der Waals surface area contributed by atoms with Gasteiger partial charge >= 0.3 is 6.18 Å². The van der Waals surface area contributed by atoms with Gasteiger partial charge in [-0.15, -0.1) is 0 Å². The Hall–Kier alpha value is -6.71. The van der Waals surface area contributed by atoms with Crippen LogP contribution < -0.4 is 16.0 Å². The summed E-state index contributed by atoms with van der Waals surface area (Å²) in [6, 6.07) is -11.4. The van der Waals surface area contributed by atoms with Crippen LogP contribution >= 0.6 is 0 Å². The molecule has 0 aromatic rings. The van der Waals surface area contributed by atoms with Gasteiger partial charge in [0.2, 0.25) is 70.9 Å². The number of nitrogens with zero attached hydrogens (tertiary/aromatic N) is 9. The van der Waals surface area contributed by atoms with Crippen molar-refractivity contribution in [3.63, 3.8) is 0 Å². The molecular formula is C72H117F5N12O12. The molecular weight excluding hydrogens is 1320 g/mol. The first kappa shape index (κ1) is 83.2. The van der Waals surface area contributed by atoms with E-state index in [1.807, 2.05) is 20.8 Å². The zero-order chi connectivity index (χ0) is 75.6. The summed E-state index contributed by atoms with van der Waals surface area (Å²) < 4.78 is 72.3. The van der Waals surface area contributed by atoms with Gasteiger partial charge in [0.1, 0.15) is 78.2 Å². The van der Waals surface area contributed by atoms with Crippen molar-refractivity contribution in [2.45, 2.75) is 269 Å². The number of hydrogen-bond acceptors (Lipinski definition) is 12. The van der Waals surface area contributed by atoms with Crippen molar-refractivity contribution < 1.29 is 79.5 Å². The Morgan fingerprint density at radius 1 is 0.624 bits per heavy atom. The number of carbonyl (C=O) groups is 12. The molecule has 6 rings (SSSR count). The summed E-state index contributed by atoms with van der Waals surface area (Å²) in [5.74, 6) is -13.0. The highest BCUT2D eigenvalue weighted by Gasteiger charge is 2.55. The van der Waals surface area contributed by atoms with Gasteiger partial charge in [-0.05, 0) is 120 Å². The number of likely N-dealkylation sites (N-methyl/N-ethyl adjacent to an activating group) is 7. The van der Waals surface area contributed by atoms with Crippen LogP contribution in [0, 0.1) is 41.4 Å². The topological polar surface area (TPSA) is 270 Å². The molecule has 12 amide bonds. The lowest BCUT2D eigenvalue weighted by molar-refractivity contribution is -0.219. The van der Waals surface area contributed by atoms with Crippen LogP contribution in [-0.2, 0) is 57.5 Å². The van der Waals surface area contributed by atoms with Gasteiger partial charge in [0.05, 0.1) is 13.0 Å². The molecule has 0 radical (unpaired) electrons. The number of halogens is 5. The Balaban J connectivity index is 1.44. The molecule has 0 aromatic carbocycles. The normalized spacial score (nSPS) is 32.1. The summed E-state index contributed by atoms with van der Waals surface area (Å²) in [6.07, 6.45) is -6.95. The Morgan fingerprint density at radius 3 is 1.75 bits per heavy atom. The minimum atomic E-state index is -5.16. The number of alkyl halides is 5. The van der Waals surface area contributed by atoms with E-state index in [9.17, 15) is 41.9 Å². The minimum Gasteiger partial charge on any atom is -0.347 e.